The molecule has 0 atom stereocenters. The van der Waals surface area contributed by atoms with Crippen LogP contribution in [0.3, 0.4) is 0 Å². The van der Waals surface area contributed by atoms with Gasteiger partial charge in [-0.1, -0.05) is 0 Å². The summed E-state index contributed by atoms with van der Waals surface area (Å²) in [4.78, 5) is 11.7. The van der Waals surface area contributed by atoms with Crippen LogP contribution in [0.25, 0.3) is 0 Å². The molecule has 0 fully saturated rings. The molecule has 0 aromatic heterocycles. The van der Waals surface area contributed by atoms with Crippen LogP contribution in [0, 0.1) is 0 Å². The number of hydrogen-bond acceptors (Lipinski definition) is 3. The SMILES string of the molecule is COC(=O)c1ccc(Br)c(S)c1. The number of halogens is 1. The molecule has 4 heteroatoms. The summed E-state index contributed by atoms with van der Waals surface area (Å²) in [5.74, 6) is -0.349. The Morgan fingerprint density at radius 3 is 2.75 bits per heavy atom. The van der Waals surface area contributed by atoms with Gasteiger partial charge in [0.15, 0.2) is 0 Å². The zero-order chi connectivity index (χ0) is 9.14. The normalized spacial score (nSPS) is 9.58. The highest BCUT2D eigenvalue weighted by Crippen LogP contribution is 2.21. The van der Waals surface area contributed by atoms with E-state index in [9.17, 15) is 4.79 Å². The van der Waals surface area contributed by atoms with Crippen molar-refractivity contribution in [1.82, 2.24) is 0 Å². The smallest absolute Gasteiger partial charge is 0.337 e. The third kappa shape index (κ3) is 2.01. The predicted octanol–water partition coefficient (Wildman–Crippen LogP) is 2.52. The maximum Gasteiger partial charge on any atom is 0.337 e. The fourth-order valence-electron chi connectivity index (χ4n) is 0.757. The molecule has 0 spiro atoms. The summed E-state index contributed by atoms with van der Waals surface area (Å²) in [6.45, 7) is 0. The lowest BCUT2D eigenvalue weighted by atomic mass is 10.2. The molecule has 0 radical (unpaired) electrons. The van der Waals surface area contributed by atoms with Crippen molar-refractivity contribution in [2.75, 3.05) is 7.11 Å². The van der Waals surface area contributed by atoms with Gasteiger partial charge in [0.2, 0.25) is 0 Å². The molecular formula is C8H7BrO2S. The van der Waals surface area contributed by atoms with Crippen LogP contribution in [-0.4, -0.2) is 13.1 Å². The second kappa shape index (κ2) is 3.96. The Hall–Kier alpha value is -0.480. The van der Waals surface area contributed by atoms with Crippen LogP contribution in [-0.2, 0) is 4.74 Å². The van der Waals surface area contributed by atoms with Gasteiger partial charge in [0, 0.05) is 9.37 Å². The first-order valence-corrected chi connectivity index (χ1v) is 4.46. The summed E-state index contributed by atoms with van der Waals surface area (Å²) < 4.78 is 5.40. The van der Waals surface area contributed by atoms with Gasteiger partial charge in [-0.05, 0) is 34.1 Å². The lowest BCUT2D eigenvalue weighted by molar-refractivity contribution is 0.0600. The second-order valence-corrected chi connectivity index (χ2v) is 3.49. The average molecular weight is 247 g/mol. The van der Waals surface area contributed by atoms with E-state index in [0.717, 1.165) is 9.37 Å². The molecule has 64 valence electrons. The number of carbonyl (C=O) groups excluding carboxylic acids is 1. The first-order chi connectivity index (χ1) is 5.65. The maximum absolute atomic E-state index is 11.0. The topological polar surface area (TPSA) is 26.3 Å². The molecule has 1 aromatic rings. The summed E-state index contributed by atoms with van der Waals surface area (Å²) in [6.07, 6.45) is 0. The standard InChI is InChI=1S/C8H7BrO2S/c1-11-8(10)5-2-3-6(9)7(12)4-5/h2-4,12H,1H3. The highest BCUT2D eigenvalue weighted by molar-refractivity contribution is 9.10. The number of carbonyl (C=O) groups is 1. The Morgan fingerprint density at radius 1 is 1.58 bits per heavy atom. The minimum Gasteiger partial charge on any atom is -0.465 e. The van der Waals surface area contributed by atoms with Gasteiger partial charge in [0.1, 0.15) is 0 Å². The van der Waals surface area contributed by atoms with Crippen LogP contribution < -0.4 is 0 Å². The van der Waals surface area contributed by atoms with E-state index in [-0.39, 0.29) is 5.97 Å². The number of thiol groups is 1. The molecule has 0 aliphatic rings. The van der Waals surface area contributed by atoms with Crippen LogP contribution in [0.15, 0.2) is 27.6 Å². The average Bonchev–Trinajstić information content (AvgIpc) is 2.08. The van der Waals surface area contributed by atoms with Gasteiger partial charge in [-0.3, -0.25) is 0 Å². The number of esters is 1. The molecule has 0 saturated heterocycles. The van der Waals surface area contributed by atoms with Crippen LogP contribution >= 0.6 is 28.6 Å². The van der Waals surface area contributed by atoms with Crippen molar-refractivity contribution in [3.8, 4) is 0 Å². The molecule has 0 aliphatic carbocycles. The fraction of sp³-hybridized carbons (Fsp3) is 0.125. The summed E-state index contributed by atoms with van der Waals surface area (Å²) >= 11 is 7.42. The third-order valence-electron chi connectivity index (χ3n) is 1.37. The maximum atomic E-state index is 11.0. The van der Waals surface area contributed by atoms with Crippen molar-refractivity contribution in [3.05, 3.63) is 28.2 Å². The third-order valence-corrected chi connectivity index (χ3v) is 2.74. The van der Waals surface area contributed by atoms with E-state index in [0.29, 0.717) is 5.56 Å². The minimum absolute atomic E-state index is 0.349. The Balaban J connectivity index is 3.05. The van der Waals surface area contributed by atoms with E-state index >= 15 is 0 Å². The molecule has 0 saturated carbocycles. The molecule has 12 heavy (non-hydrogen) atoms. The van der Waals surface area contributed by atoms with Crippen LogP contribution in [0.1, 0.15) is 10.4 Å². The minimum atomic E-state index is -0.349. The van der Waals surface area contributed by atoms with Crippen LogP contribution in [0.5, 0.6) is 0 Å². The summed E-state index contributed by atoms with van der Waals surface area (Å²) in [5, 5.41) is 0. The highest BCUT2D eigenvalue weighted by atomic mass is 79.9. The van der Waals surface area contributed by atoms with E-state index in [1.807, 2.05) is 0 Å². The van der Waals surface area contributed by atoms with Gasteiger partial charge in [-0.2, -0.15) is 0 Å². The van der Waals surface area contributed by atoms with Crippen molar-refractivity contribution in [2.45, 2.75) is 4.90 Å². The summed E-state index contributed by atoms with van der Waals surface area (Å²) in [7, 11) is 1.35. The van der Waals surface area contributed by atoms with E-state index in [1.165, 1.54) is 7.11 Å². The zero-order valence-electron chi connectivity index (χ0n) is 6.37. The number of rotatable bonds is 1. The Morgan fingerprint density at radius 2 is 2.25 bits per heavy atom. The van der Waals surface area contributed by atoms with Gasteiger partial charge >= 0.3 is 5.97 Å². The number of hydrogen-bond donors (Lipinski definition) is 1. The van der Waals surface area contributed by atoms with Crippen molar-refractivity contribution >= 4 is 34.5 Å². The first-order valence-electron chi connectivity index (χ1n) is 3.22. The lowest BCUT2D eigenvalue weighted by Crippen LogP contribution is -2.00. The molecule has 0 heterocycles. The van der Waals surface area contributed by atoms with Gasteiger partial charge in [0.05, 0.1) is 12.7 Å². The van der Waals surface area contributed by atoms with Gasteiger partial charge < -0.3 is 4.74 Å². The van der Waals surface area contributed by atoms with Gasteiger partial charge in [0.25, 0.3) is 0 Å². The fourth-order valence-corrected chi connectivity index (χ4v) is 1.22. The van der Waals surface area contributed by atoms with E-state index < -0.39 is 0 Å². The van der Waals surface area contributed by atoms with Gasteiger partial charge in [-0.25, -0.2) is 4.79 Å². The Bertz CT molecular complexity index is 312. The van der Waals surface area contributed by atoms with Gasteiger partial charge in [-0.15, -0.1) is 12.6 Å². The molecular weight excluding hydrogens is 240 g/mol. The van der Waals surface area contributed by atoms with Crippen molar-refractivity contribution < 1.29 is 9.53 Å². The highest BCUT2D eigenvalue weighted by Gasteiger charge is 2.05. The molecule has 1 aromatic carbocycles. The molecule has 1 rings (SSSR count). The Kier molecular flexibility index (Phi) is 3.17. The molecule has 0 bridgehead atoms. The van der Waals surface area contributed by atoms with Crippen LogP contribution in [0.2, 0.25) is 0 Å². The molecule has 0 amide bonds. The number of methoxy groups -OCH3 is 1. The molecule has 0 N–H and O–H groups in total. The van der Waals surface area contributed by atoms with Crippen LogP contribution in [0.4, 0.5) is 0 Å². The van der Waals surface area contributed by atoms with E-state index in [4.69, 9.17) is 0 Å². The quantitative estimate of drug-likeness (QED) is 0.609. The predicted molar refractivity (Wildman–Crippen MR) is 52.7 cm³/mol. The van der Waals surface area contributed by atoms with Crippen molar-refractivity contribution in [3.63, 3.8) is 0 Å². The Labute approximate surface area is 84.5 Å². The summed E-state index contributed by atoms with van der Waals surface area (Å²) in [5.41, 5.74) is 0.505. The largest absolute Gasteiger partial charge is 0.465 e. The second-order valence-electron chi connectivity index (χ2n) is 2.16. The lowest BCUT2D eigenvalue weighted by Gasteiger charge is -2.00. The first kappa shape index (κ1) is 9.61. The van der Waals surface area contributed by atoms with Crippen molar-refractivity contribution in [1.29, 1.82) is 0 Å². The van der Waals surface area contributed by atoms with Crippen molar-refractivity contribution in [2.24, 2.45) is 0 Å². The van der Waals surface area contributed by atoms with E-state index in [2.05, 4.69) is 33.3 Å². The summed E-state index contributed by atoms with van der Waals surface area (Å²) in [6, 6.07) is 5.09. The number of ether oxygens (including phenoxy) is 1. The van der Waals surface area contributed by atoms with E-state index in [1.54, 1.807) is 18.2 Å². The zero-order valence-corrected chi connectivity index (χ0v) is 8.85. The monoisotopic (exact) mass is 246 g/mol. The molecule has 0 aliphatic heterocycles. The molecule has 0 unspecified atom stereocenters. The number of benzene rings is 1. The molecule has 2 nitrogen and oxygen atoms in total.